The minimum atomic E-state index is -0.823. The van der Waals surface area contributed by atoms with E-state index in [2.05, 4.69) is 19.9 Å². The molecule has 1 saturated carbocycles. The van der Waals surface area contributed by atoms with Gasteiger partial charge in [0.15, 0.2) is 5.78 Å². The molecule has 3 heterocycles. The Kier molecular flexibility index (Phi) is 5.45. The molecule has 8 nitrogen and oxygen atoms in total. The van der Waals surface area contributed by atoms with Crippen LogP contribution in [0.1, 0.15) is 66.7 Å². The van der Waals surface area contributed by atoms with E-state index in [1.807, 2.05) is 20.8 Å². The van der Waals surface area contributed by atoms with Gasteiger partial charge in [-0.2, -0.15) is 0 Å². The second kappa shape index (κ2) is 8.12. The van der Waals surface area contributed by atoms with Crippen molar-refractivity contribution in [3.63, 3.8) is 0 Å². The van der Waals surface area contributed by atoms with Gasteiger partial charge >= 0.3 is 11.9 Å². The summed E-state index contributed by atoms with van der Waals surface area (Å²) in [4.78, 5) is 67.8. The second-order valence-electron chi connectivity index (χ2n) is 13.3. The number of carbonyl (C=O) groups is 5. The summed E-state index contributed by atoms with van der Waals surface area (Å²) in [6.45, 7) is 10.1. The lowest BCUT2D eigenvalue weighted by Crippen LogP contribution is -2.68. The van der Waals surface area contributed by atoms with Crippen LogP contribution in [-0.4, -0.2) is 53.6 Å². The van der Waals surface area contributed by atoms with E-state index in [1.54, 1.807) is 11.0 Å². The summed E-state index contributed by atoms with van der Waals surface area (Å²) in [5.41, 5.74) is -0.465. The Morgan fingerprint density at radius 1 is 1.11 bits per heavy atom. The van der Waals surface area contributed by atoms with Crippen molar-refractivity contribution in [1.29, 1.82) is 0 Å². The molecule has 3 aliphatic heterocycles. The van der Waals surface area contributed by atoms with Gasteiger partial charge in [-0.15, -0.1) is 0 Å². The fourth-order valence-corrected chi connectivity index (χ4v) is 9.14. The third kappa shape index (κ3) is 3.18. The average molecular weight is 524 g/mol. The molecule has 3 saturated heterocycles. The molecule has 3 aliphatic carbocycles. The lowest BCUT2D eigenvalue weighted by Gasteiger charge is -2.65. The first kappa shape index (κ1) is 25.5. The Hall–Kier alpha value is -2.77. The number of likely N-dealkylation sites (tertiary alicyclic amines) is 1. The number of allylic oxidation sites excluding steroid dienone is 4. The number of esters is 2. The van der Waals surface area contributed by atoms with Crippen molar-refractivity contribution in [3.05, 3.63) is 23.4 Å². The molecule has 0 aromatic rings. The largest absolute Gasteiger partial charge is 0.465 e. The zero-order valence-corrected chi connectivity index (χ0v) is 22.9. The molecule has 204 valence electrons. The van der Waals surface area contributed by atoms with Crippen molar-refractivity contribution in [1.82, 2.24) is 4.90 Å². The molecule has 0 unspecified atom stereocenters. The summed E-state index contributed by atoms with van der Waals surface area (Å²) < 4.78 is 11.3. The van der Waals surface area contributed by atoms with E-state index >= 15 is 0 Å². The normalized spacial score (nSPS) is 46.2. The topological polar surface area (TPSA) is 107 Å². The predicted molar refractivity (Wildman–Crippen MR) is 135 cm³/mol. The van der Waals surface area contributed by atoms with E-state index < -0.39 is 40.1 Å². The summed E-state index contributed by atoms with van der Waals surface area (Å²) in [7, 11) is 0. The van der Waals surface area contributed by atoms with Gasteiger partial charge in [0.1, 0.15) is 11.9 Å². The van der Waals surface area contributed by atoms with Crippen LogP contribution in [-0.2, 0) is 33.4 Å². The van der Waals surface area contributed by atoms with Crippen molar-refractivity contribution < 1.29 is 33.4 Å². The number of nitrogens with zero attached hydrogens (tertiary/aromatic N) is 1. The van der Waals surface area contributed by atoms with E-state index in [9.17, 15) is 24.0 Å². The van der Waals surface area contributed by atoms with Crippen LogP contribution in [0.4, 0.5) is 0 Å². The monoisotopic (exact) mass is 523 g/mol. The maximum absolute atomic E-state index is 14.3. The third-order valence-electron chi connectivity index (χ3n) is 11.1. The van der Waals surface area contributed by atoms with Crippen LogP contribution in [0.15, 0.2) is 23.4 Å². The van der Waals surface area contributed by atoms with Crippen molar-refractivity contribution in [2.75, 3.05) is 13.2 Å². The van der Waals surface area contributed by atoms with Crippen LogP contribution in [0.5, 0.6) is 0 Å². The van der Waals surface area contributed by atoms with Gasteiger partial charge < -0.3 is 14.4 Å². The first-order chi connectivity index (χ1) is 17.8. The minimum Gasteiger partial charge on any atom is -0.465 e. The van der Waals surface area contributed by atoms with Gasteiger partial charge in [0, 0.05) is 46.1 Å². The number of Topliss-reactive ketones (excluding diaryl/α,β-unsaturated/α-hetero) is 1. The van der Waals surface area contributed by atoms with Crippen LogP contribution in [0, 0.1) is 45.8 Å². The van der Waals surface area contributed by atoms with Crippen molar-refractivity contribution >= 4 is 29.4 Å². The molecular formula is C30H37NO7. The maximum Gasteiger partial charge on any atom is 0.309 e. The zero-order chi connectivity index (χ0) is 27.4. The molecule has 8 heteroatoms. The quantitative estimate of drug-likeness (QED) is 0.511. The number of fused-ring (bicyclic) bond motifs is 6. The van der Waals surface area contributed by atoms with Crippen LogP contribution in [0.3, 0.4) is 0 Å². The number of rotatable bonds is 2. The van der Waals surface area contributed by atoms with Gasteiger partial charge in [0.25, 0.3) is 0 Å². The molecule has 0 N–H and O–H groups in total. The van der Waals surface area contributed by atoms with Crippen LogP contribution >= 0.6 is 0 Å². The van der Waals surface area contributed by atoms with E-state index in [4.69, 9.17) is 9.47 Å². The fraction of sp³-hybridized carbons (Fsp3) is 0.700. The average Bonchev–Trinajstić information content (AvgIpc) is 3.38. The molecule has 0 radical (unpaired) electrons. The van der Waals surface area contributed by atoms with Crippen molar-refractivity contribution in [3.8, 4) is 0 Å². The van der Waals surface area contributed by atoms with Gasteiger partial charge in [0.2, 0.25) is 5.91 Å². The van der Waals surface area contributed by atoms with Gasteiger partial charge in [-0.05, 0) is 38.2 Å². The minimum absolute atomic E-state index is 0.0118. The third-order valence-corrected chi connectivity index (χ3v) is 11.1. The number of ether oxygens (including phenoxy) is 2. The highest BCUT2D eigenvalue weighted by Crippen LogP contribution is 2.71. The maximum atomic E-state index is 14.3. The van der Waals surface area contributed by atoms with E-state index in [1.165, 1.54) is 0 Å². The summed E-state index contributed by atoms with van der Waals surface area (Å²) >= 11 is 0. The molecule has 6 aliphatic rings. The first-order valence-electron chi connectivity index (χ1n) is 14.0. The highest BCUT2D eigenvalue weighted by atomic mass is 16.6. The van der Waals surface area contributed by atoms with E-state index in [-0.39, 0.29) is 67.2 Å². The highest BCUT2D eigenvalue weighted by molar-refractivity contribution is 6.00. The lowest BCUT2D eigenvalue weighted by molar-refractivity contribution is -0.175. The van der Waals surface area contributed by atoms with Crippen molar-refractivity contribution in [2.45, 2.75) is 72.8 Å². The molecule has 1 amide bonds. The molecule has 4 fully saturated rings. The van der Waals surface area contributed by atoms with Crippen molar-refractivity contribution in [2.24, 2.45) is 45.8 Å². The molecule has 0 aromatic carbocycles. The smallest absolute Gasteiger partial charge is 0.309 e. The second-order valence-corrected chi connectivity index (χ2v) is 13.3. The Balaban J connectivity index is 1.54. The Bertz CT molecular complexity index is 1230. The molecule has 1 spiro atoms. The molecule has 38 heavy (non-hydrogen) atoms. The van der Waals surface area contributed by atoms with Gasteiger partial charge in [-0.3, -0.25) is 24.0 Å². The summed E-state index contributed by atoms with van der Waals surface area (Å²) in [5.74, 6) is -2.37. The molecule has 0 aromatic heterocycles. The summed E-state index contributed by atoms with van der Waals surface area (Å²) in [5, 5.41) is 0. The van der Waals surface area contributed by atoms with Gasteiger partial charge in [0.05, 0.1) is 25.5 Å². The predicted octanol–water partition coefficient (Wildman–Crippen LogP) is 3.39. The molecule has 9 atom stereocenters. The van der Waals surface area contributed by atoms with Crippen LogP contribution in [0.2, 0.25) is 0 Å². The molecule has 0 bridgehead atoms. The number of hydrogen-bond donors (Lipinski definition) is 0. The number of ketones is 2. The lowest BCUT2D eigenvalue weighted by atomic mass is 9.37. The van der Waals surface area contributed by atoms with Gasteiger partial charge in [-0.1, -0.05) is 39.3 Å². The van der Waals surface area contributed by atoms with Gasteiger partial charge in [-0.25, -0.2) is 0 Å². The molecule has 6 rings (SSSR count). The summed E-state index contributed by atoms with van der Waals surface area (Å²) in [6, 6.07) is 0. The number of cyclic esters (lactones) is 2. The molecular weight excluding hydrogens is 486 g/mol. The Morgan fingerprint density at radius 2 is 1.84 bits per heavy atom. The summed E-state index contributed by atoms with van der Waals surface area (Å²) in [6.07, 6.45) is 5.49. The van der Waals surface area contributed by atoms with E-state index in [0.717, 1.165) is 11.3 Å². The van der Waals surface area contributed by atoms with Crippen LogP contribution in [0.25, 0.3) is 0 Å². The fourth-order valence-electron chi connectivity index (χ4n) is 9.14. The highest BCUT2D eigenvalue weighted by Gasteiger charge is 2.73. The number of amides is 1. The standard InChI is InChI=1S/C30H37NO7/c1-15-8-19-24(20(32)9-15)17(3)25(35)26-28(19,4)11-21-29(5,30(26)12-23(34)37-14-30)7-6-22(33)31(21)13-18-10-16(2)27(36)38-18/h9,11,16-19,24,26H,6-8,10,12-14H2,1-5H3/t16-,17+,18-,19+,24-,26-,28-,29+,30+/m0/s1. The SMILES string of the molecule is CC1=CC(=O)[C@@H]2[C@@H](C1)[C@]1(C)C=C3N(C[C@@H]4C[C@H](C)C(=O)O4)C(=O)CC[C@@]3(C)[C@]3(COC(=O)C3)[C@H]1C(=O)[C@@H]2C. The number of hydrogen-bond acceptors (Lipinski definition) is 7. The Labute approximate surface area is 223 Å². The first-order valence-corrected chi connectivity index (χ1v) is 14.0. The number of piperidine rings is 1. The van der Waals surface area contributed by atoms with E-state index in [0.29, 0.717) is 19.3 Å². The Morgan fingerprint density at radius 3 is 2.47 bits per heavy atom. The zero-order valence-electron chi connectivity index (χ0n) is 22.9. The van der Waals surface area contributed by atoms with Crippen LogP contribution < -0.4 is 0 Å². The number of carbonyl (C=O) groups excluding carboxylic acids is 5.